The first kappa shape index (κ1) is 13.7. The normalized spacial score (nSPS) is 10.2. The second-order valence-corrected chi connectivity index (χ2v) is 3.70. The van der Waals surface area contributed by atoms with Gasteiger partial charge >= 0.3 is 0 Å². The van der Waals surface area contributed by atoms with E-state index in [0.717, 1.165) is 11.1 Å². The van der Waals surface area contributed by atoms with Crippen LogP contribution in [0.4, 0.5) is 0 Å². The maximum Gasteiger partial charge on any atom is 0.222 e. The summed E-state index contributed by atoms with van der Waals surface area (Å²) < 4.78 is 5.12. The standard InChI is InChI=1S/C13H20N2O2/c1-2-17-8-7-13(16)15-10-12-6-4-3-5-11(12)9-14/h3-6H,2,7-10,14H2,1H3,(H,15,16). The molecule has 0 aliphatic heterocycles. The van der Waals surface area contributed by atoms with E-state index in [1.54, 1.807) is 0 Å². The molecule has 0 unspecified atom stereocenters. The molecule has 4 heteroatoms. The molecule has 0 aliphatic rings. The van der Waals surface area contributed by atoms with Gasteiger partial charge in [0.2, 0.25) is 5.91 Å². The molecule has 1 amide bonds. The van der Waals surface area contributed by atoms with Gasteiger partial charge in [0.05, 0.1) is 6.61 Å². The van der Waals surface area contributed by atoms with Crippen LogP contribution >= 0.6 is 0 Å². The minimum atomic E-state index is 0.00488. The number of carbonyl (C=O) groups excluding carboxylic acids is 1. The van der Waals surface area contributed by atoms with Crippen LogP contribution in [0, 0.1) is 0 Å². The van der Waals surface area contributed by atoms with Crippen LogP contribution in [0.25, 0.3) is 0 Å². The van der Waals surface area contributed by atoms with Gasteiger partial charge < -0.3 is 15.8 Å². The Hall–Kier alpha value is -1.39. The fourth-order valence-corrected chi connectivity index (χ4v) is 1.52. The number of amides is 1. The Labute approximate surface area is 102 Å². The highest BCUT2D eigenvalue weighted by molar-refractivity contribution is 5.75. The number of nitrogens with one attached hydrogen (secondary N) is 1. The summed E-state index contributed by atoms with van der Waals surface area (Å²) in [4.78, 5) is 11.5. The molecule has 1 aromatic carbocycles. The molecule has 0 heterocycles. The van der Waals surface area contributed by atoms with Gasteiger partial charge in [0.15, 0.2) is 0 Å². The number of rotatable bonds is 7. The highest BCUT2D eigenvalue weighted by Gasteiger charge is 2.03. The lowest BCUT2D eigenvalue weighted by molar-refractivity contribution is -0.122. The van der Waals surface area contributed by atoms with E-state index in [4.69, 9.17) is 10.5 Å². The first-order valence-electron chi connectivity index (χ1n) is 5.89. The minimum Gasteiger partial charge on any atom is -0.381 e. The van der Waals surface area contributed by atoms with Crippen molar-refractivity contribution in [2.45, 2.75) is 26.4 Å². The zero-order valence-electron chi connectivity index (χ0n) is 10.2. The number of carbonyl (C=O) groups is 1. The highest BCUT2D eigenvalue weighted by atomic mass is 16.5. The summed E-state index contributed by atoms with van der Waals surface area (Å²) in [5, 5.41) is 2.86. The minimum absolute atomic E-state index is 0.00488. The zero-order chi connectivity index (χ0) is 12.5. The van der Waals surface area contributed by atoms with E-state index < -0.39 is 0 Å². The lowest BCUT2D eigenvalue weighted by atomic mass is 10.1. The Morgan fingerprint density at radius 1 is 1.35 bits per heavy atom. The predicted molar refractivity (Wildman–Crippen MR) is 67.3 cm³/mol. The Kier molecular flexibility index (Phi) is 6.29. The number of hydrogen-bond donors (Lipinski definition) is 2. The van der Waals surface area contributed by atoms with E-state index in [9.17, 15) is 4.79 Å². The molecule has 0 spiro atoms. The SMILES string of the molecule is CCOCCC(=O)NCc1ccccc1CN. The number of ether oxygens (including phenoxy) is 1. The van der Waals surface area contributed by atoms with Crippen molar-refractivity contribution in [1.29, 1.82) is 0 Å². The summed E-state index contributed by atoms with van der Waals surface area (Å²) in [6.45, 7) is 4.04. The predicted octanol–water partition coefficient (Wildman–Crippen LogP) is 1.19. The second kappa shape index (κ2) is 7.81. The highest BCUT2D eigenvalue weighted by Crippen LogP contribution is 2.07. The average molecular weight is 236 g/mol. The Morgan fingerprint density at radius 3 is 2.71 bits per heavy atom. The lowest BCUT2D eigenvalue weighted by Crippen LogP contribution is -2.24. The largest absolute Gasteiger partial charge is 0.381 e. The maximum absolute atomic E-state index is 11.5. The van der Waals surface area contributed by atoms with Crippen LogP contribution in [0.5, 0.6) is 0 Å². The molecular weight excluding hydrogens is 216 g/mol. The van der Waals surface area contributed by atoms with E-state index in [-0.39, 0.29) is 5.91 Å². The number of nitrogens with two attached hydrogens (primary N) is 1. The van der Waals surface area contributed by atoms with E-state index in [1.165, 1.54) is 0 Å². The fraction of sp³-hybridized carbons (Fsp3) is 0.462. The van der Waals surface area contributed by atoms with Crippen molar-refractivity contribution >= 4 is 5.91 Å². The summed E-state index contributed by atoms with van der Waals surface area (Å²) in [6, 6.07) is 7.84. The van der Waals surface area contributed by atoms with Gasteiger partial charge in [0, 0.05) is 26.1 Å². The Morgan fingerprint density at radius 2 is 2.06 bits per heavy atom. The summed E-state index contributed by atoms with van der Waals surface area (Å²) >= 11 is 0. The summed E-state index contributed by atoms with van der Waals surface area (Å²) in [5.41, 5.74) is 7.76. The van der Waals surface area contributed by atoms with E-state index in [1.807, 2.05) is 31.2 Å². The molecular formula is C13H20N2O2. The number of benzene rings is 1. The van der Waals surface area contributed by atoms with Crippen LogP contribution in [0.1, 0.15) is 24.5 Å². The van der Waals surface area contributed by atoms with Crippen LogP contribution in [-0.2, 0) is 22.6 Å². The van der Waals surface area contributed by atoms with E-state index in [0.29, 0.717) is 32.7 Å². The van der Waals surface area contributed by atoms with Crippen molar-refractivity contribution in [3.8, 4) is 0 Å². The Balaban J connectivity index is 2.36. The van der Waals surface area contributed by atoms with E-state index in [2.05, 4.69) is 5.32 Å². The third-order valence-corrected chi connectivity index (χ3v) is 2.49. The molecule has 0 aliphatic carbocycles. The molecule has 1 rings (SSSR count). The molecule has 17 heavy (non-hydrogen) atoms. The van der Waals surface area contributed by atoms with Crippen molar-refractivity contribution in [1.82, 2.24) is 5.32 Å². The van der Waals surface area contributed by atoms with Gasteiger partial charge in [-0.05, 0) is 18.1 Å². The molecule has 3 N–H and O–H groups in total. The molecule has 0 bridgehead atoms. The molecule has 0 saturated heterocycles. The quantitative estimate of drug-likeness (QED) is 0.699. The van der Waals surface area contributed by atoms with Gasteiger partial charge in [-0.2, -0.15) is 0 Å². The maximum atomic E-state index is 11.5. The zero-order valence-corrected chi connectivity index (χ0v) is 10.2. The smallest absolute Gasteiger partial charge is 0.222 e. The van der Waals surface area contributed by atoms with Crippen molar-refractivity contribution in [2.75, 3.05) is 13.2 Å². The van der Waals surface area contributed by atoms with Gasteiger partial charge in [-0.3, -0.25) is 4.79 Å². The van der Waals surface area contributed by atoms with Crippen LogP contribution in [0.15, 0.2) is 24.3 Å². The van der Waals surface area contributed by atoms with Gasteiger partial charge in [-0.25, -0.2) is 0 Å². The van der Waals surface area contributed by atoms with Crippen molar-refractivity contribution in [2.24, 2.45) is 5.73 Å². The van der Waals surface area contributed by atoms with Gasteiger partial charge in [-0.1, -0.05) is 24.3 Å². The van der Waals surface area contributed by atoms with Gasteiger partial charge in [0.1, 0.15) is 0 Å². The molecule has 0 aromatic heterocycles. The first-order valence-corrected chi connectivity index (χ1v) is 5.89. The van der Waals surface area contributed by atoms with Crippen LogP contribution < -0.4 is 11.1 Å². The molecule has 0 fully saturated rings. The van der Waals surface area contributed by atoms with Crippen molar-refractivity contribution < 1.29 is 9.53 Å². The summed E-state index contributed by atoms with van der Waals surface area (Å²) in [7, 11) is 0. The third-order valence-electron chi connectivity index (χ3n) is 2.49. The average Bonchev–Trinajstić information content (AvgIpc) is 2.37. The Bertz CT molecular complexity index is 353. The van der Waals surface area contributed by atoms with Gasteiger partial charge in [0.25, 0.3) is 0 Å². The lowest BCUT2D eigenvalue weighted by Gasteiger charge is -2.09. The van der Waals surface area contributed by atoms with Crippen LogP contribution in [-0.4, -0.2) is 19.1 Å². The van der Waals surface area contributed by atoms with Crippen LogP contribution in [0.2, 0.25) is 0 Å². The summed E-state index contributed by atoms with van der Waals surface area (Å²) in [5.74, 6) is 0.00488. The first-order chi connectivity index (χ1) is 8.27. The second-order valence-electron chi connectivity index (χ2n) is 3.70. The molecule has 0 saturated carbocycles. The third kappa shape index (κ3) is 4.97. The molecule has 0 radical (unpaired) electrons. The fourth-order valence-electron chi connectivity index (χ4n) is 1.52. The molecule has 4 nitrogen and oxygen atoms in total. The van der Waals surface area contributed by atoms with Crippen molar-refractivity contribution in [3.05, 3.63) is 35.4 Å². The van der Waals surface area contributed by atoms with Gasteiger partial charge in [-0.15, -0.1) is 0 Å². The monoisotopic (exact) mass is 236 g/mol. The van der Waals surface area contributed by atoms with E-state index >= 15 is 0 Å². The molecule has 94 valence electrons. The topological polar surface area (TPSA) is 64.3 Å². The molecule has 1 aromatic rings. The van der Waals surface area contributed by atoms with Crippen LogP contribution in [0.3, 0.4) is 0 Å². The number of hydrogen-bond acceptors (Lipinski definition) is 3. The summed E-state index contributed by atoms with van der Waals surface area (Å²) in [6.07, 6.45) is 0.401. The van der Waals surface area contributed by atoms with Crippen molar-refractivity contribution in [3.63, 3.8) is 0 Å². The molecule has 0 atom stereocenters.